The molecule has 0 saturated carbocycles. The lowest BCUT2D eigenvalue weighted by molar-refractivity contribution is -0.137. The highest BCUT2D eigenvalue weighted by atomic mass is 32.2. The number of sulfonamides is 1. The zero-order valence-electron chi connectivity index (χ0n) is 15.2. The van der Waals surface area contributed by atoms with Crippen LogP contribution < -0.4 is 0 Å². The molecule has 0 aliphatic carbocycles. The van der Waals surface area contributed by atoms with Gasteiger partial charge < -0.3 is 9.64 Å². The standard InChI is InChI=1S/C17H24N2O6S/c1-13-7-4-5-10-19(13)16(20)12-25-17(21)14-8-6-9-15(11-14)26(22,23)18(2)24-3/h6,8-9,11,13H,4-5,7,10,12H2,1-3H3/t13-/m0/s1. The quantitative estimate of drug-likeness (QED) is 0.544. The molecule has 1 aromatic rings. The largest absolute Gasteiger partial charge is 0.452 e. The van der Waals surface area contributed by atoms with Crippen LogP contribution in [0.25, 0.3) is 0 Å². The van der Waals surface area contributed by atoms with Gasteiger partial charge in [-0.15, -0.1) is 0 Å². The Balaban J connectivity index is 2.04. The van der Waals surface area contributed by atoms with E-state index in [1.54, 1.807) is 4.90 Å². The third-order valence-corrected chi connectivity index (χ3v) is 6.09. The molecule has 1 fully saturated rings. The van der Waals surface area contributed by atoms with Crippen molar-refractivity contribution < 1.29 is 27.6 Å². The van der Waals surface area contributed by atoms with Crippen LogP contribution in [0.5, 0.6) is 0 Å². The van der Waals surface area contributed by atoms with E-state index in [1.807, 2.05) is 6.92 Å². The van der Waals surface area contributed by atoms with E-state index in [-0.39, 0.29) is 29.0 Å². The Morgan fingerprint density at radius 3 is 2.69 bits per heavy atom. The van der Waals surface area contributed by atoms with Gasteiger partial charge in [0.25, 0.3) is 15.9 Å². The van der Waals surface area contributed by atoms with Crippen molar-refractivity contribution in [1.29, 1.82) is 0 Å². The van der Waals surface area contributed by atoms with Crippen molar-refractivity contribution in [3.63, 3.8) is 0 Å². The maximum Gasteiger partial charge on any atom is 0.338 e. The first-order chi connectivity index (χ1) is 12.3. The van der Waals surface area contributed by atoms with E-state index in [9.17, 15) is 18.0 Å². The molecule has 1 aromatic carbocycles. The number of benzene rings is 1. The molecule has 26 heavy (non-hydrogen) atoms. The average Bonchev–Trinajstić information content (AvgIpc) is 2.65. The van der Waals surface area contributed by atoms with E-state index in [1.165, 1.54) is 38.4 Å². The molecule has 1 amide bonds. The van der Waals surface area contributed by atoms with Crippen molar-refractivity contribution in [2.45, 2.75) is 37.1 Å². The van der Waals surface area contributed by atoms with E-state index in [0.717, 1.165) is 19.3 Å². The van der Waals surface area contributed by atoms with E-state index >= 15 is 0 Å². The number of carbonyl (C=O) groups is 2. The summed E-state index contributed by atoms with van der Waals surface area (Å²) in [6.45, 7) is 2.27. The highest BCUT2D eigenvalue weighted by molar-refractivity contribution is 7.89. The first-order valence-electron chi connectivity index (χ1n) is 8.37. The zero-order valence-corrected chi connectivity index (χ0v) is 16.0. The lowest BCUT2D eigenvalue weighted by Crippen LogP contribution is -2.44. The Labute approximate surface area is 153 Å². The van der Waals surface area contributed by atoms with Crippen LogP contribution >= 0.6 is 0 Å². The Bertz CT molecular complexity index is 764. The first kappa shape index (κ1) is 20.3. The number of hydrogen-bond donors (Lipinski definition) is 0. The summed E-state index contributed by atoms with van der Waals surface area (Å²) in [5, 5.41) is 0. The van der Waals surface area contributed by atoms with Gasteiger partial charge in [0.15, 0.2) is 6.61 Å². The molecule has 8 nitrogen and oxygen atoms in total. The molecule has 0 N–H and O–H groups in total. The molecule has 0 bridgehead atoms. The van der Waals surface area contributed by atoms with Gasteiger partial charge in [0.05, 0.1) is 17.6 Å². The SMILES string of the molecule is CON(C)S(=O)(=O)c1cccc(C(=O)OCC(=O)N2CCCC[C@@H]2C)c1. The van der Waals surface area contributed by atoms with Gasteiger partial charge in [-0.05, 0) is 44.4 Å². The van der Waals surface area contributed by atoms with Crippen LogP contribution in [0.4, 0.5) is 0 Å². The minimum absolute atomic E-state index is 0.0510. The Kier molecular flexibility index (Phi) is 6.74. The number of ether oxygens (including phenoxy) is 1. The number of piperidine rings is 1. The molecule has 1 atom stereocenters. The maximum atomic E-state index is 12.2. The maximum absolute atomic E-state index is 12.2. The number of hydroxylamine groups is 1. The van der Waals surface area contributed by atoms with Crippen LogP contribution in [0.1, 0.15) is 36.5 Å². The Morgan fingerprint density at radius 1 is 1.31 bits per heavy atom. The fraction of sp³-hybridized carbons (Fsp3) is 0.529. The minimum atomic E-state index is -3.87. The molecule has 9 heteroatoms. The summed E-state index contributed by atoms with van der Waals surface area (Å²) in [4.78, 5) is 30.7. The van der Waals surface area contributed by atoms with E-state index in [0.29, 0.717) is 11.0 Å². The predicted octanol–water partition coefficient (Wildman–Crippen LogP) is 1.43. The van der Waals surface area contributed by atoms with Crippen molar-refractivity contribution in [3.8, 4) is 0 Å². The van der Waals surface area contributed by atoms with Crippen molar-refractivity contribution in [3.05, 3.63) is 29.8 Å². The third-order valence-electron chi connectivity index (χ3n) is 4.41. The summed E-state index contributed by atoms with van der Waals surface area (Å²) < 4.78 is 30.2. The topological polar surface area (TPSA) is 93.2 Å². The van der Waals surface area contributed by atoms with Crippen LogP contribution in [-0.2, 0) is 24.4 Å². The number of nitrogens with zero attached hydrogens (tertiary/aromatic N) is 2. The van der Waals surface area contributed by atoms with Crippen LogP contribution in [-0.4, -0.2) is 63.0 Å². The number of rotatable bonds is 6. The molecule has 1 heterocycles. The summed E-state index contributed by atoms with van der Waals surface area (Å²) in [5.41, 5.74) is 0.0510. The van der Waals surface area contributed by atoms with Crippen LogP contribution in [0, 0.1) is 0 Å². The van der Waals surface area contributed by atoms with Gasteiger partial charge in [0.2, 0.25) is 0 Å². The lowest BCUT2D eigenvalue weighted by Gasteiger charge is -2.33. The van der Waals surface area contributed by atoms with Crippen molar-refractivity contribution >= 4 is 21.9 Å². The number of esters is 1. The van der Waals surface area contributed by atoms with Crippen molar-refractivity contribution in [2.75, 3.05) is 27.3 Å². The predicted molar refractivity (Wildman–Crippen MR) is 93.7 cm³/mol. The zero-order chi connectivity index (χ0) is 19.3. The summed E-state index contributed by atoms with van der Waals surface area (Å²) in [5.74, 6) is -0.992. The molecular weight excluding hydrogens is 360 g/mol. The van der Waals surface area contributed by atoms with Crippen LogP contribution in [0.3, 0.4) is 0 Å². The molecule has 0 spiro atoms. The molecule has 0 radical (unpaired) electrons. The van der Waals surface area contributed by atoms with E-state index in [4.69, 9.17) is 9.57 Å². The van der Waals surface area contributed by atoms with Gasteiger partial charge in [-0.2, -0.15) is 0 Å². The van der Waals surface area contributed by atoms with E-state index < -0.39 is 16.0 Å². The minimum Gasteiger partial charge on any atom is -0.452 e. The summed E-state index contributed by atoms with van der Waals surface area (Å²) in [7, 11) is -1.40. The number of amides is 1. The molecule has 1 saturated heterocycles. The van der Waals surface area contributed by atoms with Gasteiger partial charge >= 0.3 is 5.97 Å². The second-order valence-electron chi connectivity index (χ2n) is 6.13. The number of carbonyl (C=O) groups excluding carboxylic acids is 2. The molecule has 144 valence electrons. The number of hydrogen-bond acceptors (Lipinski definition) is 6. The summed E-state index contributed by atoms with van der Waals surface area (Å²) >= 11 is 0. The molecular formula is C17H24N2O6S. The Hall–Kier alpha value is -1.97. The lowest BCUT2D eigenvalue weighted by atomic mass is 10.0. The van der Waals surface area contributed by atoms with Gasteiger partial charge in [0, 0.05) is 19.6 Å². The highest BCUT2D eigenvalue weighted by Crippen LogP contribution is 2.18. The summed E-state index contributed by atoms with van der Waals surface area (Å²) in [6.07, 6.45) is 2.96. The normalized spacial score (nSPS) is 18.0. The second kappa shape index (κ2) is 8.61. The molecule has 0 unspecified atom stereocenters. The average molecular weight is 384 g/mol. The highest BCUT2D eigenvalue weighted by Gasteiger charge is 2.25. The fourth-order valence-corrected chi connectivity index (χ4v) is 3.81. The van der Waals surface area contributed by atoms with Crippen LogP contribution in [0.2, 0.25) is 0 Å². The van der Waals surface area contributed by atoms with E-state index in [2.05, 4.69) is 0 Å². The van der Waals surface area contributed by atoms with Crippen LogP contribution in [0.15, 0.2) is 29.2 Å². The first-order valence-corrected chi connectivity index (χ1v) is 9.81. The molecule has 1 aliphatic heterocycles. The van der Waals surface area contributed by atoms with Gasteiger partial charge in [-0.1, -0.05) is 10.5 Å². The smallest absolute Gasteiger partial charge is 0.338 e. The van der Waals surface area contributed by atoms with Crippen molar-refractivity contribution in [2.24, 2.45) is 0 Å². The van der Waals surface area contributed by atoms with Gasteiger partial charge in [0.1, 0.15) is 0 Å². The molecule has 1 aliphatic rings. The van der Waals surface area contributed by atoms with Gasteiger partial charge in [-0.3, -0.25) is 9.63 Å². The third kappa shape index (κ3) is 4.60. The van der Waals surface area contributed by atoms with Crippen molar-refractivity contribution in [1.82, 2.24) is 9.37 Å². The number of likely N-dealkylation sites (tertiary alicyclic amines) is 1. The molecule has 2 rings (SSSR count). The fourth-order valence-electron chi connectivity index (χ4n) is 2.79. The Morgan fingerprint density at radius 2 is 2.04 bits per heavy atom. The monoisotopic (exact) mass is 384 g/mol. The second-order valence-corrected chi connectivity index (χ2v) is 8.07. The van der Waals surface area contributed by atoms with Gasteiger partial charge in [-0.25, -0.2) is 13.2 Å². The summed E-state index contributed by atoms with van der Waals surface area (Å²) in [6, 6.07) is 5.54. The molecule has 0 aromatic heterocycles.